The average molecular weight is 531 g/mol. The molecule has 2 aromatic carbocycles. The quantitative estimate of drug-likeness (QED) is 0.163. The monoisotopic (exact) mass is 530 g/mol. The smallest absolute Gasteiger partial charge is 0.326 e. The summed E-state index contributed by atoms with van der Waals surface area (Å²) < 4.78 is 0. The van der Waals surface area contributed by atoms with Crippen LogP contribution in [0.15, 0.2) is 60.7 Å². The van der Waals surface area contributed by atoms with Gasteiger partial charge in [-0.15, -0.1) is 0 Å². The number of benzene rings is 2. The van der Waals surface area contributed by atoms with Crippen molar-refractivity contribution in [1.29, 1.82) is 0 Å². The molecule has 0 aliphatic carbocycles. The summed E-state index contributed by atoms with van der Waals surface area (Å²) in [5.74, 6) is -5.39. The second-order valence-electron chi connectivity index (χ2n) is 8.29. The van der Waals surface area contributed by atoms with E-state index in [1.165, 1.54) is 0 Å². The number of aliphatic carboxylic acids is 2. The molecule has 3 amide bonds. The average Bonchev–Trinajstić information content (AvgIpc) is 2.87. The zero-order valence-corrected chi connectivity index (χ0v) is 20.8. The van der Waals surface area contributed by atoms with Crippen molar-refractivity contribution in [3.05, 3.63) is 71.8 Å². The molecule has 4 unspecified atom stereocenters. The fourth-order valence-corrected chi connectivity index (χ4v) is 3.67. The molecule has 37 heavy (non-hydrogen) atoms. The van der Waals surface area contributed by atoms with Crippen molar-refractivity contribution in [3.63, 3.8) is 0 Å². The third kappa shape index (κ3) is 9.94. The molecule has 0 fully saturated rings. The number of rotatable bonds is 14. The maximum Gasteiger partial charge on any atom is 0.326 e. The number of hydrogen-bond acceptors (Lipinski definition) is 7. The van der Waals surface area contributed by atoms with E-state index in [4.69, 9.17) is 5.73 Å². The molecule has 12 heteroatoms. The Morgan fingerprint density at radius 3 is 1.65 bits per heavy atom. The van der Waals surface area contributed by atoms with Crippen LogP contribution in [0.2, 0.25) is 0 Å². The highest BCUT2D eigenvalue weighted by Crippen LogP contribution is 2.06. The summed E-state index contributed by atoms with van der Waals surface area (Å²) in [7, 11) is 0. The van der Waals surface area contributed by atoms with E-state index in [1.54, 1.807) is 54.6 Å². The predicted molar refractivity (Wildman–Crippen MR) is 138 cm³/mol. The van der Waals surface area contributed by atoms with Crippen LogP contribution in [0.4, 0.5) is 0 Å². The Morgan fingerprint density at radius 1 is 0.703 bits per heavy atom. The Hall–Kier alpha value is -3.90. The molecule has 2 aromatic rings. The van der Waals surface area contributed by atoms with E-state index in [0.29, 0.717) is 5.56 Å². The van der Waals surface area contributed by atoms with Crippen molar-refractivity contribution in [2.45, 2.75) is 43.4 Å². The van der Waals surface area contributed by atoms with Crippen LogP contribution < -0.4 is 21.7 Å². The lowest BCUT2D eigenvalue weighted by molar-refractivity contribution is -0.143. The zero-order valence-electron chi connectivity index (χ0n) is 19.9. The van der Waals surface area contributed by atoms with Crippen LogP contribution in [-0.2, 0) is 36.8 Å². The molecule has 0 spiro atoms. The Balaban J connectivity index is 2.04. The van der Waals surface area contributed by atoms with E-state index < -0.39 is 60.2 Å². The van der Waals surface area contributed by atoms with Gasteiger partial charge in [0.25, 0.3) is 0 Å². The summed E-state index contributed by atoms with van der Waals surface area (Å²) in [6.45, 7) is 0. The van der Waals surface area contributed by atoms with Gasteiger partial charge in [0.1, 0.15) is 18.1 Å². The molecule has 0 heterocycles. The summed E-state index contributed by atoms with van der Waals surface area (Å²) in [4.78, 5) is 61.1. The molecule has 7 N–H and O–H groups in total. The summed E-state index contributed by atoms with van der Waals surface area (Å²) in [5.41, 5.74) is 7.40. The number of carbonyl (C=O) groups is 5. The van der Waals surface area contributed by atoms with Gasteiger partial charge in [0.15, 0.2) is 0 Å². The number of nitrogens with one attached hydrogen (secondary N) is 3. The Kier molecular flexibility index (Phi) is 11.6. The molecule has 0 radical (unpaired) electrons. The van der Waals surface area contributed by atoms with Gasteiger partial charge in [-0.25, -0.2) is 4.79 Å². The topological polar surface area (TPSA) is 188 Å². The number of carboxylic acid groups (broad SMARTS) is 2. The normalized spacial score (nSPS) is 13.9. The van der Waals surface area contributed by atoms with Gasteiger partial charge in [-0.05, 0) is 17.5 Å². The fourth-order valence-electron chi connectivity index (χ4n) is 3.41. The molecule has 0 aliphatic rings. The second-order valence-corrected chi connectivity index (χ2v) is 8.65. The first kappa shape index (κ1) is 29.3. The van der Waals surface area contributed by atoms with Crippen LogP contribution in [-0.4, -0.2) is 69.8 Å². The lowest BCUT2D eigenvalue weighted by Gasteiger charge is -2.24. The van der Waals surface area contributed by atoms with E-state index in [9.17, 15) is 34.2 Å². The van der Waals surface area contributed by atoms with Crippen LogP contribution in [0.1, 0.15) is 17.5 Å². The van der Waals surface area contributed by atoms with E-state index in [2.05, 4.69) is 28.6 Å². The number of nitrogens with two attached hydrogens (primary N) is 1. The van der Waals surface area contributed by atoms with Crippen molar-refractivity contribution in [2.24, 2.45) is 5.73 Å². The van der Waals surface area contributed by atoms with Crippen molar-refractivity contribution in [3.8, 4) is 0 Å². The van der Waals surface area contributed by atoms with Crippen molar-refractivity contribution in [2.75, 3.05) is 5.75 Å². The molecule has 2 rings (SSSR count). The molecule has 0 aromatic heterocycles. The molecular formula is C25H30N4O7S. The fraction of sp³-hybridized carbons (Fsp3) is 0.320. The van der Waals surface area contributed by atoms with E-state index in [0.717, 1.165) is 5.56 Å². The van der Waals surface area contributed by atoms with Gasteiger partial charge in [0.2, 0.25) is 17.7 Å². The SMILES string of the molecule is NC(Cc1ccccc1)C(=O)NC(CS)C(=O)NC(CC(=O)O)C(=O)NC(Cc1ccccc1)C(=O)O. The Bertz CT molecular complexity index is 1080. The van der Waals surface area contributed by atoms with E-state index >= 15 is 0 Å². The van der Waals surface area contributed by atoms with Crippen LogP contribution >= 0.6 is 12.6 Å². The first-order valence-electron chi connectivity index (χ1n) is 11.4. The Labute approximate surface area is 219 Å². The maximum atomic E-state index is 12.8. The third-order valence-electron chi connectivity index (χ3n) is 5.36. The number of carboxylic acids is 2. The van der Waals surface area contributed by atoms with Crippen molar-refractivity contribution < 1.29 is 34.2 Å². The molecular weight excluding hydrogens is 500 g/mol. The highest BCUT2D eigenvalue weighted by molar-refractivity contribution is 7.80. The van der Waals surface area contributed by atoms with Gasteiger partial charge in [-0.1, -0.05) is 60.7 Å². The molecule has 0 aliphatic heterocycles. The first-order valence-corrected chi connectivity index (χ1v) is 12.0. The highest BCUT2D eigenvalue weighted by Gasteiger charge is 2.31. The number of carbonyl (C=O) groups excluding carboxylic acids is 3. The number of hydrogen-bond donors (Lipinski definition) is 7. The molecule has 0 saturated carbocycles. The maximum absolute atomic E-state index is 12.8. The highest BCUT2D eigenvalue weighted by atomic mass is 32.1. The molecule has 0 saturated heterocycles. The van der Waals surface area contributed by atoms with Gasteiger partial charge in [-0.3, -0.25) is 19.2 Å². The molecule has 198 valence electrons. The standard InChI is InChI=1S/C25H30N4O7S/c26-17(11-15-7-3-1-4-8-15)22(32)29-20(14-37)24(34)27-18(13-21(30)31)23(33)28-19(25(35)36)12-16-9-5-2-6-10-16/h1-10,17-20,37H,11-14,26H2,(H,27,34)(H,28,33)(H,29,32)(H,30,31)(H,35,36). The van der Waals surface area contributed by atoms with Gasteiger partial charge >= 0.3 is 11.9 Å². The second kappa shape index (κ2) is 14.6. The number of thiol groups is 1. The Morgan fingerprint density at radius 2 is 1.16 bits per heavy atom. The van der Waals surface area contributed by atoms with Crippen LogP contribution in [0.25, 0.3) is 0 Å². The van der Waals surface area contributed by atoms with Gasteiger partial charge in [-0.2, -0.15) is 12.6 Å². The minimum absolute atomic E-state index is 0.0513. The van der Waals surface area contributed by atoms with E-state index in [1.807, 2.05) is 6.07 Å². The molecule has 11 nitrogen and oxygen atoms in total. The lowest BCUT2D eigenvalue weighted by Crippen LogP contribution is -2.58. The van der Waals surface area contributed by atoms with Crippen molar-refractivity contribution in [1.82, 2.24) is 16.0 Å². The van der Waals surface area contributed by atoms with E-state index in [-0.39, 0.29) is 18.6 Å². The lowest BCUT2D eigenvalue weighted by atomic mass is 10.0. The molecule has 0 bridgehead atoms. The van der Waals surface area contributed by atoms with Crippen LogP contribution in [0.5, 0.6) is 0 Å². The van der Waals surface area contributed by atoms with Crippen LogP contribution in [0.3, 0.4) is 0 Å². The molecule has 4 atom stereocenters. The summed E-state index contributed by atoms with van der Waals surface area (Å²) >= 11 is 4.07. The zero-order chi connectivity index (χ0) is 27.4. The summed E-state index contributed by atoms with van der Waals surface area (Å²) in [5, 5.41) is 25.8. The minimum Gasteiger partial charge on any atom is -0.481 e. The first-order chi connectivity index (χ1) is 17.6. The predicted octanol–water partition coefficient (Wildman–Crippen LogP) is -0.257. The minimum atomic E-state index is -1.60. The number of amides is 3. The summed E-state index contributed by atoms with van der Waals surface area (Å²) in [6.07, 6.45) is -0.643. The summed E-state index contributed by atoms with van der Waals surface area (Å²) in [6, 6.07) is 12.4. The van der Waals surface area contributed by atoms with Crippen LogP contribution in [0, 0.1) is 0 Å². The third-order valence-corrected chi connectivity index (χ3v) is 5.72. The van der Waals surface area contributed by atoms with Crippen molar-refractivity contribution >= 4 is 42.3 Å². The van der Waals surface area contributed by atoms with Gasteiger partial charge in [0, 0.05) is 12.2 Å². The largest absolute Gasteiger partial charge is 0.481 e. The van der Waals surface area contributed by atoms with Gasteiger partial charge < -0.3 is 31.9 Å². The van der Waals surface area contributed by atoms with Gasteiger partial charge in [0.05, 0.1) is 12.5 Å².